The number of nitrogens with zero attached hydrogens (tertiary/aromatic N) is 2. The minimum absolute atomic E-state index is 0.0221. The van der Waals surface area contributed by atoms with Gasteiger partial charge in [0.1, 0.15) is 12.8 Å². The summed E-state index contributed by atoms with van der Waals surface area (Å²) in [7, 11) is 0. The van der Waals surface area contributed by atoms with E-state index in [-0.39, 0.29) is 40.7 Å². The number of aliphatic hydroxyl groups is 1. The van der Waals surface area contributed by atoms with E-state index in [1.54, 1.807) is 25.3 Å². The lowest BCUT2D eigenvalue weighted by Crippen LogP contribution is -2.40. The van der Waals surface area contributed by atoms with Crippen LogP contribution in [0.5, 0.6) is 0 Å². The first-order valence-electron chi connectivity index (χ1n) is 12.4. The summed E-state index contributed by atoms with van der Waals surface area (Å²) in [5, 5.41) is 19.7. The van der Waals surface area contributed by atoms with Gasteiger partial charge in [0.05, 0.1) is 16.3 Å². The summed E-state index contributed by atoms with van der Waals surface area (Å²) in [5.74, 6) is -0.679. The highest BCUT2D eigenvalue weighted by Crippen LogP contribution is 2.26. The number of imidazole rings is 1. The minimum Gasteiger partial charge on any atom is -0.373 e. The van der Waals surface area contributed by atoms with Crippen molar-refractivity contribution < 1.29 is 14.7 Å². The number of halogens is 1. The molecule has 190 valence electrons. The summed E-state index contributed by atoms with van der Waals surface area (Å²) in [6.45, 7) is 3.27. The highest BCUT2D eigenvalue weighted by atomic mass is 35.5. The van der Waals surface area contributed by atoms with Gasteiger partial charge in [-0.15, -0.1) is 0 Å². The number of nitrogens with one attached hydrogen (secondary N) is 3. The molecule has 2 unspecified atom stereocenters. The Morgan fingerprint density at radius 3 is 2.63 bits per heavy atom. The van der Waals surface area contributed by atoms with Gasteiger partial charge in [0.2, 0.25) is 5.91 Å². The van der Waals surface area contributed by atoms with E-state index in [2.05, 4.69) is 16.0 Å². The first-order valence-corrected chi connectivity index (χ1v) is 12.8. The summed E-state index contributed by atoms with van der Waals surface area (Å²) >= 11 is 6.31. The van der Waals surface area contributed by atoms with Crippen LogP contribution >= 0.6 is 11.6 Å². The molecule has 2 atom stereocenters. The summed E-state index contributed by atoms with van der Waals surface area (Å²) in [6.07, 6.45) is 7.70. The zero-order valence-corrected chi connectivity index (χ0v) is 20.8. The van der Waals surface area contributed by atoms with E-state index in [0.717, 1.165) is 58.0 Å². The molecular formula is C25H34ClN5O4. The van der Waals surface area contributed by atoms with Crippen LogP contribution < -0.4 is 21.6 Å². The standard InChI is InChI=1S/C25H34ClN5O4/c1-16-14-31(25(35)30(16)15-22(32)28-18-10-11-27-13-18)19-8-9-21(26)20(12-19)24(34)29-23(33)17-6-4-2-3-5-7-17/h8-9,12,14,17-18,23,27,33H,2-7,10-11,13,15H2,1H3,(H,28,32)(H,29,34). The van der Waals surface area contributed by atoms with Crippen LogP contribution in [0.2, 0.25) is 5.02 Å². The van der Waals surface area contributed by atoms with Crippen LogP contribution in [0.15, 0.2) is 29.2 Å². The fourth-order valence-electron chi connectivity index (χ4n) is 4.96. The maximum atomic E-state index is 13.1. The monoisotopic (exact) mass is 503 g/mol. The number of benzene rings is 1. The highest BCUT2D eigenvalue weighted by Gasteiger charge is 2.24. The molecule has 0 spiro atoms. The minimum atomic E-state index is -0.944. The molecule has 1 aromatic carbocycles. The Morgan fingerprint density at radius 1 is 1.20 bits per heavy atom. The van der Waals surface area contributed by atoms with Gasteiger partial charge in [-0.3, -0.25) is 18.7 Å². The van der Waals surface area contributed by atoms with Crippen molar-refractivity contribution in [1.82, 2.24) is 25.1 Å². The lowest BCUT2D eigenvalue weighted by Gasteiger charge is -2.22. The lowest BCUT2D eigenvalue weighted by atomic mass is 9.98. The van der Waals surface area contributed by atoms with Gasteiger partial charge in [-0.25, -0.2) is 4.79 Å². The fourth-order valence-corrected chi connectivity index (χ4v) is 5.16. The molecule has 2 heterocycles. The number of carbonyl (C=O) groups excluding carboxylic acids is 2. The summed E-state index contributed by atoms with van der Waals surface area (Å²) in [5.41, 5.74) is 0.880. The molecule has 2 aromatic rings. The smallest absolute Gasteiger partial charge is 0.333 e. The first kappa shape index (κ1) is 25.5. The van der Waals surface area contributed by atoms with Crippen molar-refractivity contribution in [3.8, 4) is 5.69 Å². The number of hydrogen-bond donors (Lipinski definition) is 4. The number of hydrogen-bond acceptors (Lipinski definition) is 5. The molecule has 1 aliphatic heterocycles. The second-order valence-electron chi connectivity index (χ2n) is 9.60. The maximum absolute atomic E-state index is 13.1. The van der Waals surface area contributed by atoms with Gasteiger partial charge < -0.3 is 21.1 Å². The Morgan fingerprint density at radius 2 is 1.94 bits per heavy atom. The normalized spacial score (nSPS) is 19.8. The van der Waals surface area contributed by atoms with Crippen molar-refractivity contribution in [3.05, 3.63) is 51.2 Å². The molecule has 2 aliphatic rings. The Bertz CT molecular complexity index is 1110. The Kier molecular flexibility index (Phi) is 8.30. The second-order valence-corrected chi connectivity index (χ2v) is 10.0. The average Bonchev–Trinajstić information content (AvgIpc) is 3.31. The number of amides is 2. The summed E-state index contributed by atoms with van der Waals surface area (Å²) < 4.78 is 2.80. The summed E-state index contributed by atoms with van der Waals surface area (Å²) in [4.78, 5) is 38.5. The van der Waals surface area contributed by atoms with Gasteiger partial charge in [-0.05, 0) is 50.9 Å². The van der Waals surface area contributed by atoms with Gasteiger partial charge in [0.15, 0.2) is 0 Å². The fraction of sp³-hybridized carbons (Fsp3) is 0.560. The van der Waals surface area contributed by atoms with E-state index < -0.39 is 12.1 Å². The van der Waals surface area contributed by atoms with Crippen molar-refractivity contribution in [2.75, 3.05) is 13.1 Å². The van der Waals surface area contributed by atoms with E-state index in [0.29, 0.717) is 11.4 Å². The van der Waals surface area contributed by atoms with Crippen LogP contribution in [0.3, 0.4) is 0 Å². The Labute approximate surface area is 209 Å². The van der Waals surface area contributed by atoms with Crippen LogP contribution in [0.4, 0.5) is 0 Å². The van der Waals surface area contributed by atoms with E-state index in [9.17, 15) is 19.5 Å². The van der Waals surface area contributed by atoms with E-state index in [4.69, 9.17) is 11.6 Å². The van der Waals surface area contributed by atoms with Crippen molar-refractivity contribution in [3.63, 3.8) is 0 Å². The zero-order valence-electron chi connectivity index (χ0n) is 20.1. The van der Waals surface area contributed by atoms with Gasteiger partial charge in [0.25, 0.3) is 5.91 Å². The van der Waals surface area contributed by atoms with Crippen LogP contribution in [0, 0.1) is 12.8 Å². The molecular weight excluding hydrogens is 470 g/mol. The molecule has 9 nitrogen and oxygen atoms in total. The topological polar surface area (TPSA) is 117 Å². The van der Waals surface area contributed by atoms with E-state index >= 15 is 0 Å². The number of carbonyl (C=O) groups is 2. The van der Waals surface area contributed by atoms with Crippen LogP contribution in [0.25, 0.3) is 5.69 Å². The van der Waals surface area contributed by atoms with Gasteiger partial charge in [0, 0.05) is 30.4 Å². The van der Waals surface area contributed by atoms with Crippen LogP contribution in [-0.4, -0.2) is 51.4 Å². The largest absolute Gasteiger partial charge is 0.373 e. The molecule has 1 saturated carbocycles. The summed E-state index contributed by atoms with van der Waals surface area (Å²) in [6, 6.07) is 4.82. The van der Waals surface area contributed by atoms with Crippen LogP contribution in [-0.2, 0) is 11.3 Å². The quantitative estimate of drug-likeness (QED) is 0.341. The maximum Gasteiger partial charge on any atom is 0.333 e. The van der Waals surface area contributed by atoms with Gasteiger partial charge in [-0.1, -0.05) is 37.3 Å². The van der Waals surface area contributed by atoms with Crippen molar-refractivity contribution >= 4 is 23.4 Å². The predicted octanol–water partition coefficient (Wildman–Crippen LogP) is 2.10. The third-order valence-corrected chi connectivity index (χ3v) is 7.33. The number of aromatic nitrogens is 2. The lowest BCUT2D eigenvalue weighted by molar-refractivity contribution is -0.122. The van der Waals surface area contributed by atoms with Crippen molar-refractivity contribution in [2.45, 2.75) is 70.7 Å². The zero-order chi connectivity index (χ0) is 24.9. The molecule has 1 aliphatic carbocycles. The molecule has 35 heavy (non-hydrogen) atoms. The first-order chi connectivity index (χ1) is 16.8. The second kappa shape index (κ2) is 11.4. The van der Waals surface area contributed by atoms with Crippen molar-refractivity contribution in [2.24, 2.45) is 5.92 Å². The molecule has 4 rings (SSSR count). The average molecular weight is 504 g/mol. The van der Waals surface area contributed by atoms with E-state index in [1.807, 2.05) is 0 Å². The van der Waals surface area contributed by atoms with Gasteiger partial charge >= 0.3 is 5.69 Å². The third-order valence-electron chi connectivity index (χ3n) is 7.00. The Hall–Kier alpha value is -2.62. The molecule has 10 heteroatoms. The van der Waals surface area contributed by atoms with Gasteiger partial charge in [-0.2, -0.15) is 0 Å². The third kappa shape index (κ3) is 6.15. The SMILES string of the molecule is Cc1cn(-c2ccc(Cl)c(C(=O)NC(O)C3CCCCCC3)c2)c(=O)n1CC(=O)NC1CCNC1. The molecule has 2 fully saturated rings. The number of rotatable bonds is 7. The highest BCUT2D eigenvalue weighted by molar-refractivity contribution is 6.33. The molecule has 2 amide bonds. The molecule has 1 saturated heterocycles. The molecule has 0 bridgehead atoms. The molecule has 1 aromatic heterocycles. The number of aliphatic hydroxyl groups excluding tert-OH is 1. The van der Waals surface area contributed by atoms with E-state index in [1.165, 1.54) is 15.2 Å². The number of aryl methyl sites for hydroxylation is 1. The Balaban J connectivity index is 1.49. The molecule has 4 N–H and O–H groups in total. The van der Waals surface area contributed by atoms with Crippen molar-refractivity contribution in [1.29, 1.82) is 0 Å². The predicted molar refractivity (Wildman–Crippen MR) is 134 cm³/mol. The molecule has 0 radical (unpaired) electrons. The van der Waals surface area contributed by atoms with Crippen LogP contribution in [0.1, 0.15) is 61.0 Å².